The number of nitrogens with zero attached hydrogens (tertiary/aromatic N) is 1. The van der Waals surface area contributed by atoms with E-state index in [9.17, 15) is 21.6 Å². The molecule has 158 valence electrons. The molecule has 0 saturated carbocycles. The van der Waals surface area contributed by atoms with Gasteiger partial charge in [0.15, 0.2) is 0 Å². The van der Waals surface area contributed by atoms with Gasteiger partial charge >= 0.3 is 0 Å². The minimum absolute atomic E-state index is 0.0351. The van der Waals surface area contributed by atoms with Gasteiger partial charge in [-0.3, -0.25) is 9.10 Å². The number of unbranched alkanes of at least 4 members (excludes halogenated alkanes) is 1. The molecule has 2 rings (SSSR count). The van der Waals surface area contributed by atoms with Crippen molar-refractivity contribution in [2.45, 2.75) is 24.7 Å². The van der Waals surface area contributed by atoms with Crippen LogP contribution in [0.25, 0.3) is 0 Å². The minimum atomic E-state index is -3.69. The van der Waals surface area contributed by atoms with Crippen molar-refractivity contribution in [2.24, 2.45) is 0 Å². The van der Waals surface area contributed by atoms with Gasteiger partial charge < -0.3 is 5.32 Å². The third-order valence-corrected chi connectivity index (χ3v) is 6.86. The Balaban J connectivity index is 2.27. The molecule has 10 heteroatoms. The van der Waals surface area contributed by atoms with Crippen molar-refractivity contribution in [1.29, 1.82) is 0 Å². The lowest BCUT2D eigenvalue weighted by Crippen LogP contribution is -2.27. The lowest BCUT2D eigenvalue weighted by molar-refractivity contribution is 0.102. The van der Waals surface area contributed by atoms with Gasteiger partial charge in [0.25, 0.3) is 5.91 Å². The first-order valence-electron chi connectivity index (χ1n) is 9.00. The van der Waals surface area contributed by atoms with E-state index in [2.05, 4.69) is 10.0 Å². The van der Waals surface area contributed by atoms with E-state index in [1.54, 1.807) is 18.2 Å². The normalized spacial score (nSPS) is 11.8. The van der Waals surface area contributed by atoms with Crippen molar-refractivity contribution in [3.63, 3.8) is 0 Å². The molecule has 2 N–H and O–H groups in total. The Morgan fingerprint density at radius 2 is 1.72 bits per heavy atom. The van der Waals surface area contributed by atoms with E-state index in [1.807, 2.05) is 6.92 Å². The second-order valence-electron chi connectivity index (χ2n) is 6.48. The average Bonchev–Trinajstić information content (AvgIpc) is 2.67. The fourth-order valence-electron chi connectivity index (χ4n) is 2.52. The van der Waals surface area contributed by atoms with Gasteiger partial charge in [0.2, 0.25) is 20.0 Å². The zero-order chi connectivity index (χ0) is 21.7. The van der Waals surface area contributed by atoms with E-state index in [0.29, 0.717) is 6.54 Å². The van der Waals surface area contributed by atoms with Crippen molar-refractivity contribution in [2.75, 3.05) is 29.5 Å². The van der Waals surface area contributed by atoms with Gasteiger partial charge in [-0.25, -0.2) is 21.6 Å². The van der Waals surface area contributed by atoms with Crippen molar-refractivity contribution >= 4 is 37.3 Å². The van der Waals surface area contributed by atoms with Crippen molar-refractivity contribution < 1.29 is 21.6 Å². The summed E-state index contributed by atoms with van der Waals surface area (Å²) in [6.45, 7) is 2.30. The van der Waals surface area contributed by atoms with Crippen LogP contribution in [0.5, 0.6) is 0 Å². The van der Waals surface area contributed by atoms with E-state index in [4.69, 9.17) is 0 Å². The van der Waals surface area contributed by atoms with Crippen molar-refractivity contribution in [1.82, 2.24) is 4.72 Å². The quantitative estimate of drug-likeness (QED) is 0.583. The van der Waals surface area contributed by atoms with Crippen LogP contribution in [0.4, 0.5) is 11.4 Å². The van der Waals surface area contributed by atoms with E-state index in [1.165, 1.54) is 37.4 Å². The first-order chi connectivity index (χ1) is 13.6. The monoisotopic (exact) mass is 439 g/mol. The topological polar surface area (TPSA) is 113 Å². The highest BCUT2D eigenvalue weighted by molar-refractivity contribution is 7.92. The lowest BCUT2D eigenvalue weighted by Gasteiger charge is -2.19. The van der Waals surface area contributed by atoms with Crippen LogP contribution >= 0.6 is 0 Å². The molecule has 0 aliphatic carbocycles. The van der Waals surface area contributed by atoms with Gasteiger partial charge in [0.05, 0.1) is 22.4 Å². The first-order valence-corrected chi connectivity index (χ1v) is 12.3. The number of anilines is 2. The average molecular weight is 440 g/mol. The molecule has 1 amide bonds. The third-order valence-electron chi connectivity index (χ3n) is 4.21. The van der Waals surface area contributed by atoms with Crippen LogP contribution in [-0.4, -0.2) is 42.6 Å². The van der Waals surface area contributed by atoms with Crippen LogP contribution < -0.4 is 14.3 Å². The number of para-hydroxylation sites is 1. The highest BCUT2D eigenvalue weighted by atomic mass is 32.2. The Morgan fingerprint density at radius 3 is 2.38 bits per heavy atom. The van der Waals surface area contributed by atoms with Gasteiger partial charge in [-0.1, -0.05) is 31.5 Å². The summed E-state index contributed by atoms with van der Waals surface area (Å²) >= 11 is 0. The molecule has 2 aromatic rings. The molecule has 0 saturated heterocycles. The third kappa shape index (κ3) is 6.02. The minimum Gasteiger partial charge on any atom is -0.322 e. The number of rotatable bonds is 9. The highest BCUT2D eigenvalue weighted by Crippen LogP contribution is 2.23. The SMILES string of the molecule is CCCCNS(=O)(=O)c1cccc(NC(=O)c2ccccc2N(C)S(C)(=O)=O)c1. The number of carbonyl (C=O) groups is 1. The highest BCUT2D eigenvalue weighted by Gasteiger charge is 2.20. The Hall–Kier alpha value is -2.43. The Kier molecular flexibility index (Phi) is 7.39. The number of hydrogen-bond acceptors (Lipinski definition) is 5. The maximum atomic E-state index is 12.7. The molecule has 0 bridgehead atoms. The number of hydrogen-bond donors (Lipinski definition) is 2. The molecule has 0 aliphatic rings. The van der Waals surface area contributed by atoms with E-state index in [0.717, 1.165) is 23.4 Å². The summed E-state index contributed by atoms with van der Waals surface area (Å²) in [5.41, 5.74) is 0.650. The van der Waals surface area contributed by atoms with E-state index in [-0.39, 0.29) is 21.8 Å². The molecule has 29 heavy (non-hydrogen) atoms. The van der Waals surface area contributed by atoms with Gasteiger partial charge in [-0.15, -0.1) is 0 Å². The maximum Gasteiger partial charge on any atom is 0.257 e. The number of nitrogens with one attached hydrogen (secondary N) is 2. The Labute approximate surface area is 172 Å². The molecule has 0 heterocycles. The molecule has 0 aliphatic heterocycles. The summed E-state index contributed by atoms with van der Waals surface area (Å²) in [4.78, 5) is 12.8. The number of amides is 1. The summed E-state index contributed by atoms with van der Waals surface area (Å²) in [5.74, 6) is -0.551. The van der Waals surface area contributed by atoms with E-state index >= 15 is 0 Å². The van der Waals surface area contributed by atoms with Crippen LogP contribution in [0.1, 0.15) is 30.1 Å². The number of sulfonamides is 2. The summed E-state index contributed by atoms with van der Waals surface area (Å²) in [6.07, 6.45) is 2.63. The molecular formula is C19H25N3O5S2. The molecule has 0 spiro atoms. The summed E-state index contributed by atoms with van der Waals surface area (Å²) in [6, 6.07) is 12.2. The second-order valence-corrected chi connectivity index (χ2v) is 10.3. The Morgan fingerprint density at radius 1 is 1.03 bits per heavy atom. The van der Waals surface area contributed by atoms with Gasteiger partial charge in [-0.05, 0) is 36.8 Å². The standard InChI is InChI=1S/C19H25N3O5S2/c1-4-5-13-20-29(26,27)16-10-8-9-15(14-16)21-19(23)17-11-6-7-12-18(17)22(2)28(3,24)25/h6-12,14,20H,4-5,13H2,1-3H3,(H,21,23). The van der Waals surface area contributed by atoms with Gasteiger partial charge in [-0.2, -0.15) is 0 Å². The van der Waals surface area contributed by atoms with Crippen LogP contribution in [0.2, 0.25) is 0 Å². The second kappa shape index (κ2) is 9.38. The molecule has 0 aromatic heterocycles. The summed E-state index contributed by atoms with van der Waals surface area (Å²) < 4.78 is 52.0. The van der Waals surface area contributed by atoms with Gasteiger partial charge in [0.1, 0.15) is 0 Å². The van der Waals surface area contributed by atoms with Crippen LogP contribution in [0.3, 0.4) is 0 Å². The van der Waals surface area contributed by atoms with Crippen LogP contribution in [-0.2, 0) is 20.0 Å². The van der Waals surface area contributed by atoms with Crippen molar-refractivity contribution in [3.05, 3.63) is 54.1 Å². The zero-order valence-corrected chi connectivity index (χ0v) is 18.2. The lowest BCUT2D eigenvalue weighted by atomic mass is 10.1. The number of benzene rings is 2. The number of carbonyl (C=O) groups excluding carboxylic acids is 1. The first kappa shape index (κ1) is 22.9. The predicted molar refractivity (Wildman–Crippen MR) is 114 cm³/mol. The van der Waals surface area contributed by atoms with E-state index < -0.39 is 26.0 Å². The molecule has 0 atom stereocenters. The fraction of sp³-hybridized carbons (Fsp3) is 0.316. The van der Waals surface area contributed by atoms with Crippen LogP contribution in [0, 0.1) is 0 Å². The smallest absolute Gasteiger partial charge is 0.257 e. The van der Waals surface area contributed by atoms with Gasteiger partial charge in [0, 0.05) is 19.3 Å². The molecule has 0 unspecified atom stereocenters. The molecule has 2 aromatic carbocycles. The summed E-state index contributed by atoms with van der Waals surface area (Å²) in [7, 11) is -5.88. The molecule has 0 fully saturated rings. The van der Waals surface area contributed by atoms with Crippen LogP contribution in [0.15, 0.2) is 53.4 Å². The molecular weight excluding hydrogens is 414 g/mol. The predicted octanol–water partition coefficient (Wildman–Crippen LogP) is 2.41. The van der Waals surface area contributed by atoms with Crippen molar-refractivity contribution in [3.8, 4) is 0 Å². The zero-order valence-electron chi connectivity index (χ0n) is 16.5. The molecule has 8 nitrogen and oxygen atoms in total. The summed E-state index contributed by atoms with van der Waals surface area (Å²) in [5, 5.41) is 2.63. The molecule has 0 radical (unpaired) electrons. The fourth-order valence-corrected chi connectivity index (χ4v) is 4.16. The maximum absolute atomic E-state index is 12.7. The largest absolute Gasteiger partial charge is 0.322 e. The Bertz CT molecular complexity index is 1080.